The van der Waals surface area contributed by atoms with E-state index in [1.165, 1.54) is 12.8 Å². The van der Waals surface area contributed by atoms with Crippen molar-refractivity contribution in [1.82, 2.24) is 14.7 Å². The van der Waals surface area contributed by atoms with E-state index in [0.29, 0.717) is 11.6 Å². The molecule has 1 aromatic heterocycles. The minimum Gasteiger partial charge on any atom is -0.341 e. The smallest absolute Gasteiger partial charge is 0.244 e. The van der Waals surface area contributed by atoms with Gasteiger partial charge >= 0.3 is 0 Å². The lowest BCUT2D eigenvalue weighted by Gasteiger charge is -2.20. The predicted octanol–water partition coefficient (Wildman–Crippen LogP) is 1.94. The van der Waals surface area contributed by atoms with E-state index in [9.17, 15) is 4.79 Å². The van der Waals surface area contributed by atoms with E-state index in [4.69, 9.17) is 11.6 Å². The average Bonchev–Trinajstić information content (AvgIpc) is 2.56. The van der Waals surface area contributed by atoms with Crippen molar-refractivity contribution in [2.75, 3.05) is 13.1 Å². The fourth-order valence-electron chi connectivity index (χ4n) is 1.98. The van der Waals surface area contributed by atoms with E-state index >= 15 is 0 Å². The fourth-order valence-corrected chi connectivity index (χ4v) is 2.14. The number of hydrogen-bond acceptors (Lipinski definition) is 2. The van der Waals surface area contributed by atoms with Crippen LogP contribution in [-0.2, 0) is 11.3 Å². The third-order valence-electron chi connectivity index (χ3n) is 2.86. The summed E-state index contributed by atoms with van der Waals surface area (Å²) in [6.07, 6.45) is 7.93. The second kappa shape index (κ2) is 5.34. The van der Waals surface area contributed by atoms with Crippen molar-refractivity contribution in [1.29, 1.82) is 0 Å². The first-order valence-corrected chi connectivity index (χ1v) is 6.09. The Labute approximate surface area is 100 Å². The molecule has 1 aromatic rings. The molecule has 0 unspecified atom stereocenters. The van der Waals surface area contributed by atoms with Crippen LogP contribution in [0.4, 0.5) is 0 Å². The monoisotopic (exact) mass is 241 g/mol. The van der Waals surface area contributed by atoms with Gasteiger partial charge < -0.3 is 4.90 Å². The Morgan fingerprint density at radius 2 is 2.00 bits per heavy atom. The third kappa shape index (κ3) is 2.98. The van der Waals surface area contributed by atoms with Crippen molar-refractivity contribution < 1.29 is 4.79 Å². The molecule has 1 fully saturated rings. The van der Waals surface area contributed by atoms with Crippen LogP contribution in [0.15, 0.2) is 12.4 Å². The summed E-state index contributed by atoms with van der Waals surface area (Å²) in [6, 6.07) is 0. The number of carbonyl (C=O) groups excluding carboxylic acids is 1. The molecule has 1 amide bonds. The summed E-state index contributed by atoms with van der Waals surface area (Å²) in [5.41, 5.74) is 0. The van der Waals surface area contributed by atoms with Gasteiger partial charge in [-0.1, -0.05) is 24.4 Å². The summed E-state index contributed by atoms with van der Waals surface area (Å²) in [4.78, 5) is 13.9. The molecule has 88 valence electrons. The molecular weight excluding hydrogens is 226 g/mol. The standard InChI is InChI=1S/C11H16ClN3O/c12-10-7-13-15(8-10)9-11(16)14-5-3-1-2-4-6-14/h7-8H,1-6,9H2. The van der Waals surface area contributed by atoms with Crippen molar-refractivity contribution in [3.8, 4) is 0 Å². The number of amides is 1. The third-order valence-corrected chi connectivity index (χ3v) is 3.05. The number of nitrogens with zero attached hydrogens (tertiary/aromatic N) is 3. The van der Waals surface area contributed by atoms with Crippen LogP contribution in [0.5, 0.6) is 0 Å². The molecule has 16 heavy (non-hydrogen) atoms. The quantitative estimate of drug-likeness (QED) is 0.794. The molecule has 1 aliphatic heterocycles. The average molecular weight is 242 g/mol. The molecule has 0 aromatic carbocycles. The molecule has 0 N–H and O–H groups in total. The lowest BCUT2D eigenvalue weighted by Crippen LogP contribution is -2.34. The molecule has 0 bridgehead atoms. The van der Waals surface area contributed by atoms with Gasteiger partial charge in [0.25, 0.3) is 0 Å². The minimum atomic E-state index is 0.140. The summed E-state index contributed by atoms with van der Waals surface area (Å²) in [7, 11) is 0. The fraction of sp³-hybridized carbons (Fsp3) is 0.636. The van der Waals surface area contributed by atoms with Gasteiger partial charge in [0.15, 0.2) is 0 Å². The Bertz CT molecular complexity index is 356. The van der Waals surface area contributed by atoms with Gasteiger partial charge in [-0.25, -0.2) is 0 Å². The molecule has 0 aliphatic carbocycles. The van der Waals surface area contributed by atoms with E-state index in [-0.39, 0.29) is 5.91 Å². The van der Waals surface area contributed by atoms with Gasteiger partial charge in [-0.15, -0.1) is 0 Å². The molecule has 2 rings (SSSR count). The molecule has 4 nitrogen and oxygen atoms in total. The molecule has 0 radical (unpaired) electrons. The van der Waals surface area contributed by atoms with Gasteiger partial charge in [-0.05, 0) is 12.8 Å². The lowest BCUT2D eigenvalue weighted by molar-refractivity contribution is -0.132. The van der Waals surface area contributed by atoms with Gasteiger partial charge in [0, 0.05) is 19.3 Å². The van der Waals surface area contributed by atoms with Crippen molar-refractivity contribution in [3.05, 3.63) is 17.4 Å². The second-order valence-electron chi connectivity index (χ2n) is 4.15. The first-order valence-electron chi connectivity index (χ1n) is 5.71. The van der Waals surface area contributed by atoms with Crippen molar-refractivity contribution in [2.24, 2.45) is 0 Å². The molecule has 1 saturated heterocycles. The van der Waals surface area contributed by atoms with Crippen LogP contribution in [0.25, 0.3) is 0 Å². The Balaban J connectivity index is 1.91. The maximum Gasteiger partial charge on any atom is 0.244 e. The highest BCUT2D eigenvalue weighted by molar-refractivity contribution is 6.30. The van der Waals surface area contributed by atoms with Crippen LogP contribution < -0.4 is 0 Å². The Hall–Kier alpha value is -1.03. The number of rotatable bonds is 2. The number of halogens is 1. The highest BCUT2D eigenvalue weighted by atomic mass is 35.5. The van der Waals surface area contributed by atoms with Gasteiger partial charge in [0.2, 0.25) is 5.91 Å². The normalized spacial score (nSPS) is 17.2. The summed E-state index contributed by atoms with van der Waals surface area (Å²) < 4.78 is 1.59. The van der Waals surface area contributed by atoms with Gasteiger partial charge in [0.1, 0.15) is 6.54 Å². The number of likely N-dealkylation sites (tertiary alicyclic amines) is 1. The van der Waals surface area contributed by atoms with E-state index < -0.39 is 0 Å². The summed E-state index contributed by atoms with van der Waals surface area (Å²) in [5.74, 6) is 0.140. The first-order chi connectivity index (χ1) is 7.75. The maximum absolute atomic E-state index is 12.0. The molecule has 0 atom stereocenters. The van der Waals surface area contributed by atoms with Crippen molar-refractivity contribution in [3.63, 3.8) is 0 Å². The summed E-state index contributed by atoms with van der Waals surface area (Å²) in [6.45, 7) is 2.06. The highest BCUT2D eigenvalue weighted by Crippen LogP contribution is 2.11. The van der Waals surface area contributed by atoms with E-state index in [2.05, 4.69) is 5.10 Å². The molecule has 5 heteroatoms. The SMILES string of the molecule is O=C(Cn1cc(Cl)cn1)N1CCCCCC1. The predicted molar refractivity (Wildman–Crippen MR) is 62.3 cm³/mol. The highest BCUT2D eigenvalue weighted by Gasteiger charge is 2.15. The van der Waals surface area contributed by atoms with E-state index in [1.54, 1.807) is 17.1 Å². The number of aromatic nitrogens is 2. The molecule has 2 heterocycles. The van der Waals surface area contributed by atoms with Crippen LogP contribution in [0.2, 0.25) is 5.02 Å². The van der Waals surface area contributed by atoms with Crippen LogP contribution in [0, 0.1) is 0 Å². The van der Waals surface area contributed by atoms with Crippen LogP contribution >= 0.6 is 11.6 Å². The number of carbonyl (C=O) groups is 1. The molecular formula is C11H16ClN3O. The zero-order valence-corrected chi connectivity index (χ0v) is 9.99. The zero-order valence-electron chi connectivity index (χ0n) is 9.23. The summed E-state index contributed by atoms with van der Waals surface area (Å²) >= 11 is 5.75. The Morgan fingerprint density at radius 3 is 2.56 bits per heavy atom. The van der Waals surface area contributed by atoms with Crippen molar-refractivity contribution >= 4 is 17.5 Å². The van der Waals surface area contributed by atoms with Crippen LogP contribution in [0.1, 0.15) is 25.7 Å². The largest absolute Gasteiger partial charge is 0.341 e. The maximum atomic E-state index is 12.0. The minimum absolute atomic E-state index is 0.140. The number of hydrogen-bond donors (Lipinski definition) is 0. The zero-order chi connectivity index (χ0) is 11.4. The molecule has 0 saturated carbocycles. The van der Waals surface area contributed by atoms with Gasteiger partial charge in [-0.3, -0.25) is 9.48 Å². The van der Waals surface area contributed by atoms with Crippen LogP contribution in [0.3, 0.4) is 0 Å². The van der Waals surface area contributed by atoms with E-state index in [1.807, 2.05) is 4.90 Å². The molecule has 0 spiro atoms. The van der Waals surface area contributed by atoms with Gasteiger partial charge in [-0.2, -0.15) is 5.10 Å². The van der Waals surface area contributed by atoms with Crippen molar-refractivity contribution in [2.45, 2.75) is 32.2 Å². The van der Waals surface area contributed by atoms with Gasteiger partial charge in [0.05, 0.1) is 11.2 Å². The first kappa shape index (κ1) is 11.5. The lowest BCUT2D eigenvalue weighted by atomic mass is 10.2. The van der Waals surface area contributed by atoms with Crippen LogP contribution in [-0.4, -0.2) is 33.7 Å². The Kier molecular flexibility index (Phi) is 3.83. The Morgan fingerprint density at radius 1 is 1.31 bits per heavy atom. The molecule has 1 aliphatic rings. The summed E-state index contributed by atoms with van der Waals surface area (Å²) in [5, 5.41) is 4.58. The topological polar surface area (TPSA) is 38.1 Å². The van der Waals surface area contributed by atoms with E-state index in [0.717, 1.165) is 25.9 Å². The second-order valence-corrected chi connectivity index (χ2v) is 4.59.